The van der Waals surface area contributed by atoms with Crippen molar-refractivity contribution in [1.29, 1.82) is 0 Å². The Morgan fingerprint density at radius 2 is 1.47 bits per heavy atom. The Bertz CT molecular complexity index is 455. The maximum atomic E-state index is 5.52. The molecule has 19 heavy (non-hydrogen) atoms. The summed E-state index contributed by atoms with van der Waals surface area (Å²) in [5, 5.41) is 0. The fraction of sp³-hybridized carbons (Fsp3) is 0.294. The maximum Gasteiger partial charge on any atom is 0.0933 e. The average molecular weight is 255 g/mol. The van der Waals surface area contributed by atoms with Gasteiger partial charge < -0.3 is 0 Å². The third-order valence-electron chi connectivity index (χ3n) is 3.08. The summed E-state index contributed by atoms with van der Waals surface area (Å²) in [6.45, 7) is 2.75. The number of aryl methyl sites for hydroxylation is 1. The number of nitrogens with one attached hydrogen (secondary N) is 1. The van der Waals surface area contributed by atoms with E-state index in [1.54, 1.807) is 0 Å². The summed E-state index contributed by atoms with van der Waals surface area (Å²) in [4.78, 5) is 5.52. The van der Waals surface area contributed by atoms with Crippen molar-refractivity contribution in [3.05, 3.63) is 71.8 Å². The first-order valence-electron chi connectivity index (χ1n) is 6.80. The Morgan fingerprint density at radius 3 is 2.11 bits per heavy atom. The van der Waals surface area contributed by atoms with E-state index in [0.717, 1.165) is 12.8 Å². The summed E-state index contributed by atoms with van der Waals surface area (Å²) < 4.78 is 0. The third-order valence-corrected chi connectivity index (χ3v) is 3.08. The molecule has 0 heterocycles. The highest BCUT2D eigenvalue weighted by molar-refractivity contribution is 5.15. The Balaban J connectivity index is 1.64. The van der Waals surface area contributed by atoms with E-state index in [1.807, 2.05) is 24.3 Å². The van der Waals surface area contributed by atoms with Gasteiger partial charge in [-0.15, -0.1) is 0 Å². The zero-order valence-corrected chi connectivity index (χ0v) is 11.4. The quantitative estimate of drug-likeness (QED) is 0.761. The van der Waals surface area contributed by atoms with Gasteiger partial charge in [0, 0.05) is 6.04 Å². The molecule has 2 nitrogen and oxygen atoms in total. The van der Waals surface area contributed by atoms with E-state index in [1.165, 1.54) is 11.1 Å². The number of rotatable bonds is 7. The molecule has 0 aliphatic heterocycles. The van der Waals surface area contributed by atoms with Gasteiger partial charge in [-0.05, 0) is 30.9 Å². The van der Waals surface area contributed by atoms with Gasteiger partial charge in [0.2, 0.25) is 0 Å². The highest BCUT2D eigenvalue weighted by atomic mass is 16.6. The minimum atomic E-state index is 0.351. The highest BCUT2D eigenvalue weighted by Crippen LogP contribution is 2.05. The largest absolute Gasteiger partial charge is 0.297 e. The van der Waals surface area contributed by atoms with E-state index < -0.39 is 0 Å². The second-order valence-electron chi connectivity index (χ2n) is 4.82. The lowest BCUT2D eigenvalue weighted by Crippen LogP contribution is -2.26. The van der Waals surface area contributed by atoms with Crippen LogP contribution in [-0.4, -0.2) is 6.04 Å². The molecule has 0 saturated heterocycles. The van der Waals surface area contributed by atoms with Crippen LogP contribution in [0.1, 0.15) is 24.5 Å². The predicted molar refractivity (Wildman–Crippen MR) is 78.6 cm³/mol. The van der Waals surface area contributed by atoms with Crippen molar-refractivity contribution in [1.82, 2.24) is 5.48 Å². The first-order valence-corrected chi connectivity index (χ1v) is 6.80. The first-order chi connectivity index (χ1) is 9.34. The Labute approximate surface area is 115 Å². The van der Waals surface area contributed by atoms with Gasteiger partial charge in [0.25, 0.3) is 0 Å². The lowest BCUT2D eigenvalue weighted by Gasteiger charge is -2.13. The van der Waals surface area contributed by atoms with Gasteiger partial charge >= 0.3 is 0 Å². The van der Waals surface area contributed by atoms with Gasteiger partial charge in [-0.3, -0.25) is 4.84 Å². The summed E-state index contributed by atoms with van der Waals surface area (Å²) in [6, 6.07) is 21.1. The zero-order valence-electron chi connectivity index (χ0n) is 11.4. The van der Waals surface area contributed by atoms with Crippen molar-refractivity contribution in [2.75, 3.05) is 0 Å². The molecule has 2 heteroatoms. The normalized spacial score (nSPS) is 12.3. The molecule has 2 aromatic carbocycles. The van der Waals surface area contributed by atoms with Crippen LogP contribution in [0.3, 0.4) is 0 Å². The lowest BCUT2D eigenvalue weighted by atomic mass is 10.1. The molecular weight excluding hydrogens is 234 g/mol. The lowest BCUT2D eigenvalue weighted by molar-refractivity contribution is 0.00588. The molecule has 1 N–H and O–H groups in total. The standard InChI is InChI=1S/C17H21NO/c1-15(12-13-16-8-4-2-5-9-16)18-19-14-17-10-6-3-7-11-17/h2-11,15,18H,12-14H2,1H3. The van der Waals surface area contributed by atoms with Crippen LogP contribution in [0.25, 0.3) is 0 Å². The van der Waals surface area contributed by atoms with Crippen LogP contribution in [0, 0.1) is 0 Å². The molecule has 0 aliphatic carbocycles. The summed E-state index contributed by atoms with van der Waals surface area (Å²) in [5.41, 5.74) is 5.66. The Morgan fingerprint density at radius 1 is 0.895 bits per heavy atom. The van der Waals surface area contributed by atoms with Gasteiger partial charge in [-0.2, -0.15) is 5.48 Å². The Kier molecular flexibility index (Phi) is 5.60. The van der Waals surface area contributed by atoms with E-state index in [-0.39, 0.29) is 0 Å². The summed E-state index contributed by atoms with van der Waals surface area (Å²) >= 11 is 0. The molecule has 0 saturated carbocycles. The van der Waals surface area contributed by atoms with Crippen LogP contribution in [0.15, 0.2) is 60.7 Å². The fourth-order valence-corrected chi connectivity index (χ4v) is 1.93. The van der Waals surface area contributed by atoms with Crippen LogP contribution < -0.4 is 5.48 Å². The molecule has 2 aromatic rings. The summed E-state index contributed by atoms with van der Waals surface area (Å²) in [5.74, 6) is 0. The highest BCUT2D eigenvalue weighted by Gasteiger charge is 2.02. The van der Waals surface area contributed by atoms with Crippen molar-refractivity contribution >= 4 is 0 Å². The zero-order chi connectivity index (χ0) is 13.3. The molecular formula is C17H21NO. The second kappa shape index (κ2) is 7.72. The minimum Gasteiger partial charge on any atom is -0.297 e. The van der Waals surface area contributed by atoms with Gasteiger partial charge in [0.15, 0.2) is 0 Å². The van der Waals surface area contributed by atoms with Crippen molar-refractivity contribution < 1.29 is 4.84 Å². The summed E-state index contributed by atoms with van der Waals surface area (Å²) in [7, 11) is 0. The molecule has 0 fully saturated rings. The third kappa shape index (κ3) is 5.25. The van der Waals surface area contributed by atoms with Crippen LogP contribution >= 0.6 is 0 Å². The van der Waals surface area contributed by atoms with Crippen molar-refractivity contribution in [3.63, 3.8) is 0 Å². The predicted octanol–water partition coefficient (Wildman–Crippen LogP) is 3.73. The average Bonchev–Trinajstić information content (AvgIpc) is 2.47. The van der Waals surface area contributed by atoms with E-state index in [9.17, 15) is 0 Å². The van der Waals surface area contributed by atoms with Gasteiger partial charge in [0.1, 0.15) is 0 Å². The van der Waals surface area contributed by atoms with Crippen LogP contribution in [0.4, 0.5) is 0 Å². The minimum absolute atomic E-state index is 0.351. The molecule has 0 aromatic heterocycles. The number of hydroxylamine groups is 1. The van der Waals surface area contributed by atoms with Crippen LogP contribution in [-0.2, 0) is 17.9 Å². The molecule has 2 rings (SSSR count). The maximum absolute atomic E-state index is 5.52. The molecule has 0 radical (unpaired) electrons. The van der Waals surface area contributed by atoms with Crippen molar-refractivity contribution in [3.8, 4) is 0 Å². The SMILES string of the molecule is CC(CCc1ccccc1)NOCc1ccccc1. The van der Waals surface area contributed by atoms with E-state index in [2.05, 4.69) is 48.8 Å². The number of hydrogen-bond donors (Lipinski definition) is 1. The molecule has 0 bridgehead atoms. The number of hydrogen-bond acceptors (Lipinski definition) is 2. The summed E-state index contributed by atoms with van der Waals surface area (Å²) in [6.07, 6.45) is 2.14. The molecule has 1 atom stereocenters. The van der Waals surface area contributed by atoms with Gasteiger partial charge in [-0.1, -0.05) is 60.7 Å². The monoisotopic (exact) mass is 255 g/mol. The van der Waals surface area contributed by atoms with Gasteiger partial charge in [-0.25, -0.2) is 0 Å². The molecule has 0 aliphatic rings. The van der Waals surface area contributed by atoms with E-state index in [4.69, 9.17) is 4.84 Å². The van der Waals surface area contributed by atoms with E-state index >= 15 is 0 Å². The topological polar surface area (TPSA) is 21.3 Å². The Hall–Kier alpha value is -1.64. The molecule has 1 unspecified atom stereocenters. The van der Waals surface area contributed by atoms with Crippen LogP contribution in [0.2, 0.25) is 0 Å². The first kappa shape index (κ1) is 13.8. The van der Waals surface area contributed by atoms with Gasteiger partial charge in [0.05, 0.1) is 6.61 Å². The molecule has 100 valence electrons. The van der Waals surface area contributed by atoms with E-state index in [0.29, 0.717) is 12.6 Å². The van der Waals surface area contributed by atoms with Crippen molar-refractivity contribution in [2.45, 2.75) is 32.4 Å². The smallest absolute Gasteiger partial charge is 0.0933 e. The van der Waals surface area contributed by atoms with Crippen LogP contribution in [0.5, 0.6) is 0 Å². The molecule has 0 spiro atoms. The fourth-order valence-electron chi connectivity index (χ4n) is 1.93. The second-order valence-corrected chi connectivity index (χ2v) is 4.82. The number of benzene rings is 2. The molecule has 0 amide bonds. The van der Waals surface area contributed by atoms with Crippen molar-refractivity contribution in [2.24, 2.45) is 0 Å².